The van der Waals surface area contributed by atoms with Crippen molar-refractivity contribution in [3.05, 3.63) is 0 Å². The molecule has 0 spiro atoms. The average Bonchev–Trinajstić information content (AvgIpc) is 1.65. The number of carbonyl (C=O) groups is 1. The van der Waals surface area contributed by atoms with E-state index in [-0.39, 0.29) is 12.5 Å². The second-order valence-corrected chi connectivity index (χ2v) is 1.77. The first-order valence-electron chi connectivity index (χ1n) is 2.64. The van der Waals surface area contributed by atoms with Gasteiger partial charge in [-0.3, -0.25) is 4.79 Å². The number of carboxylic acids is 1. The summed E-state index contributed by atoms with van der Waals surface area (Å²) in [6.07, 6.45) is 0.808. The Morgan fingerprint density at radius 3 is 2.50 bits per heavy atom. The molecule has 0 aliphatic heterocycles. The highest BCUT2D eigenvalue weighted by Crippen LogP contribution is 1.91. The van der Waals surface area contributed by atoms with Crippen molar-refractivity contribution in [3.63, 3.8) is 0 Å². The highest BCUT2D eigenvalue weighted by molar-refractivity contribution is 5.67. The van der Waals surface area contributed by atoms with E-state index in [9.17, 15) is 4.79 Å². The van der Waals surface area contributed by atoms with E-state index >= 15 is 0 Å². The number of hydrogen-bond acceptors (Lipinski definition) is 2. The van der Waals surface area contributed by atoms with Gasteiger partial charge in [-0.15, -0.1) is 0 Å². The molecule has 0 saturated carbocycles. The summed E-state index contributed by atoms with van der Waals surface area (Å²) in [5.41, 5.74) is 5.29. The van der Waals surface area contributed by atoms with E-state index in [2.05, 4.69) is 0 Å². The number of aliphatic carboxylic acids is 1. The van der Waals surface area contributed by atoms with Crippen LogP contribution in [0.5, 0.6) is 0 Å². The molecule has 0 unspecified atom stereocenters. The first-order valence-corrected chi connectivity index (χ1v) is 2.64. The van der Waals surface area contributed by atoms with Crippen LogP contribution in [0.1, 0.15) is 19.8 Å². The summed E-state index contributed by atoms with van der Waals surface area (Å²) in [6, 6.07) is -0.174. The van der Waals surface area contributed by atoms with Crippen LogP contribution in [0, 0.1) is 0 Å². The largest absolute Gasteiger partial charge is 0.481 e. The van der Waals surface area contributed by atoms with Gasteiger partial charge in [0, 0.05) is 6.04 Å². The van der Waals surface area contributed by atoms with Crippen LogP contribution in [0.4, 0.5) is 0 Å². The lowest BCUT2D eigenvalue weighted by Gasteiger charge is -2.01. The van der Waals surface area contributed by atoms with Crippen molar-refractivity contribution >= 4 is 5.97 Å². The Bertz CT molecular complexity index is 82.5. The monoisotopic (exact) mass is 117 g/mol. The first-order chi connectivity index (χ1) is 3.66. The fraction of sp³-hybridized carbons (Fsp3) is 0.800. The smallest absolute Gasteiger partial charge is 0.304 e. The molecule has 0 fully saturated rings. The summed E-state index contributed by atoms with van der Waals surface area (Å²) in [5, 5.41) is 8.14. The fourth-order valence-electron chi connectivity index (χ4n) is 0.369. The lowest BCUT2D eigenvalue weighted by molar-refractivity contribution is -0.137. The van der Waals surface area contributed by atoms with Crippen molar-refractivity contribution in [2.75, 3.05) is 0 Å². The molecular formula is C5H11NO2. The normalized spacial score (nSPS) is 13.2. The molecule has 0 radical (unpaired) electrons. The Morgan fingerprint density at radius 1 is 1.88 bits per heavy atom. The second kappa shape index (κ2) is 3.43. The minimum Gasteiger partial charge on any atom is -0.481 e. The van der Waals surface area contributed by atoms with Gasteiger partial charge in [0.05, 0.1) is 6.42 Å². The quantitative estimate of drug-likeness (QED) is 0.555. The molecule has 0 aliphatic rings. The van der Waals surface area contributed by atoms with Crippen LogP contribution in [0.3, 0.4) is 0 Å². The molecule has 0 aromatic heterocycles. The third kappa shape index (κ3) is 3.61. The van der Waals surface area contributed by atoms with Crippen LogP contribution in [0.2, 0.25) is 0 Å². The lowest BCUT2D eigenvalue weighted by atomic mass is 10.2. The van der Waals surface area contributed by atoms with Crippen LogP contribution < -0.4 is 5.73 Å². The first kappa shape index (κ1) is 7.43. The molecule has 0 bridgehead atoms. The standard InChI is InChI=1S/C5H11NO2/c1-2-4(6)3-5(7)8/h4H,2-3,6H2,1H3,(H,7,8)/t4-/m1/s1. The zero-order valence-corrected chi connectivity index (χ0v) is 4.92. The highest BCUT2D eigenvalue weighted by atomic mass is 16.4. The summed E-state index contributed by atoms with van der Waals surface area (Å²) < 4.78 is 0. The van der Waals surface area contributed by atoms with Crippen LogP contribution in [-0.2, 0) is 4.79 Å². The molecule has 3 heteroatoms. The van der Waals surface area contributed by atoms with Crippen LogP contribution in [0.15, 0.2) is 0 Å². The van der Waals surface area contributed by atoms with Crippen molar-refractivity contribution in [1.29, 1.82) is 0 Å². The zero-order chi connectivity index (χ0) is 6.57. The molecule has 0 aliphatic carbocycles. The maximum absolute atomic E-state index is 9.89. The summed E-state index contributed by atoms with van der Waals surface area (Å²) in [5.74, 6) is -0.820. The van der Waals surface area contributed by atoms with Crippen molar-refractivity contribution in [3.8, 4) is 0 Å². The lowest BCUT2D eigenvalue weighted by Crippen LogP contribution is -2.22. The van der Waals surface area contributed by atoms with Gasteiger partial charge in [0.25, 0.3) is 0 Å². The summed E-state index contributed by atoms with van der Waals surface area (Å²) in [4.78, 5) is 9.89. The van der Waals surface area contributed by atoms with Crippen LogP contribution >= 0.6 is 0 Å². The Labute approximate surface area is 48.5 Å². The van der Waals surface area contributed by atoms with Gasteiger partial charge in [0.2, 0.25) is 0 Å². The zero-order valence-electron chi connectivity index (χ0n) is 4.92. The Kier molecular flexibility index (Phi) is 3.19. The van der Waals surface area contributed by atoms with Crippen molar-refractivity contribution in [2.24, 2.45) is 5.73 Å². The molecule has 48 valence electrons. The van der Waals surface area contributed by atoms with Gasteiger partial charge in [0.1, 0.15) is 0 Å². The summed E-state index contributed by atoms with van der Waals surface area (Å²) in [6.45, 7) is 1.87. The summed E-state index contributed by atoms with van der Waals surface area (Å²) >= 11 is 0. The minimum atomic E-state index is -0.820. The van der Waals surface area contributed by atoms with Gasteiger partial charge in [-0.1, -0.05) is 6.92 Å². The maximum atomic E-state index is 9.89. The Hall–Kier alpha value is -0.570. The SMILES string of the molecule is CC[C@@H](N)CC(=O)O. The van der Waals surface area contributed by atoms with Crippen molar-refractivity contribution < 1.29 is 9.90 Å². The number of rotatable bonds is 3. The maximum Gasteiger partial charge on any atom is 0.304 e. The van der Waals surface area contributed by atoms with Gasteiger partial charge >= 0.3 is 5.97 Å². The molecule has 0 aromatic carbocycles. The number of hydrogen-bond donors (Lipinski definition) is 2. The van der Waals surface area contributed by atoms with E-state index in [1.54, 1.807) is 0 Å². The van der Waals surface area contributed by atoms with Gasteiger partial charge in [-0.25, -0.2) is 0 Å². The molecule has 0 rings (SSSR count). The van der Waals surface area contributed by atoms with E-state index in [0.29, 0.717) is 0 Å². The summed E-state index contributed by atoms with van der Waals surface area (Å²) in [7, 11) is 0. The predicted molar refractivity (Wildman–Crippen MR) is 30.5 cm³/mol. The topological polar surface area (TPSA) is 63.3 Å². The minimum absolute atomic E-state index is 0.0799. The molecular weight excluding hydrogens is 106 g/mol. The van der Waals surface area contributed by atoms with E-state index < -0.39 is 5.97 Å². The molecule has 0 amide bonds. The molecule has 8 heavy (non-hydrogen) atoms. The molecule has 3 nitrogen and oxygen atoms in total. The van der Waals surface area contributed by atoms with Crippen LogP contribution in [0.25, 0.3) is 0 Å². The molecule has 0 saturated heterocycles. The molecule has 0 aromatic rings. The highest BCUT2D eigenvalue weighted by Gasteiger charge is 2.03. The third-order valence-electron chi connectivity index (χ3n) is 0.961. The molecule has 3 N–H and O–H groups in total. The van der Waals surface area contributed by atoms with E-state index in [0.717, 1.165) is 6.42 Å². The van der Waals surface area contributed by atoms with E-state index in [1.807, 2.05) is 6.92 Å². The Morgan fingerprint density at radius 2 is 2.38 bits per heavy atom. The fourth-order valence-corrected chi connectivity index (χ4v) is 0.369. The predicted octanol–water partition coefficient (Wildman–Crippen LogP) is 0.198. The van der Waals surface area contributed by atoms with Crippen LogP contribution in [-0.4, -0.2) is 17.1 Å². The van der Waals surface area contributed by atoms with E-state index in [4.69, 9.17) is 10.8 Å². The van der Waals surface area contributed by atoms with Gasteiger partial charge in [-0.05, 0) is 6.42 Å². The number of carboxylic acid groups (broad SMARTS) is 1. The Balaban J connectivity index is 3.24. The third-order valence-corrected chi connectivity index (χ3v) is 0.961. The average molecular weight is 117 g/mol. The molecule has 1 atom stereocenters. The second-order valence-electron chi connectivity index (χ2n) is 1.77. The van der Waals surface area contributed by atoms with Crippen molar-refractivity contribution in [1.82, 2.24) is 0 Å². The molecule has 0 heterocycles. The van der Waals surface area contributed by atoms with Gasteiger partial charge < -0.3 is 10.8 Å². The van der Waals surface area contributed by atoms with Gasteiger partial charge in [0.15, 0.2) is 0 Å². The van der Waals surface area contributed by atoms with Crippen molar-refractivity contribution in [2.45, 2.75) is 25.8 Å². The number of nitrogens with two attached hydrogens (primary N) is 1. The van der Waals surface area contributed by atoms with Gasteiger partial charge in [-0.2, -0.15) is 0 Å². The van der Waals surface area contributed by atoms with E-state index in [1.165, 1.54) is 0 Å².